The molecule has 0 bridgehead atoms. The van der Waals surface area contributed by atoms with Crippen LogP contribution in [0.4, 0.5) is 17.5 Å². The summed E-state index contributed by atoms with van der Waals surface area (Å²) < 4.78 is 0.989. The number of benzene rings is 2. The van der Waals surface area contributed by atoms with Gasteiger partial charge in [-0.25, -0.2) is 4.98 Å². The Morgan fingerprint density at radius 1 is 1.00 bits per heavy atom. The second-order valence-electron chi connectivity index (χ2n) is 6.64. The van der Waals surface area contributed by atoms with Crippen LogP contribution in [0.2, 0.25) is 0 Å². The zero-order chi connectivity index (χ0) is 19.2. The molecule has 0 fully saturated rings. The highest BCUT2D eigenvalue weighted by Crippen LogP contribution is 2.25. The molecule has 0 amide bonds. The molecular weight excluding hydrogens is 404 g/mol. The van der Waals surface area contributed by atoms with Gasteiger partial charge in [-0.1, -0.05) is 66.2 Å². The lowest BCUT2D eigenvalue weighted by atomic mass is 10.1. The summed E-state index contributed by atoms with van der Waals surface area (Å²) in [4.78, 5) is 9.24. The average Bonchev–Trinajstić information content (AvgIpc) is 2.66. The Balaban J connectivity index is 1.97. The molecule has 1 aromatic heterocycles. The van der Waals surface area contributed by atoms with E-state index in [9.17, 15) is 5.11 Å². The molecule has 0 unspecified atom stereocenters. The van der Waals surface area contributed by atoms with Crippen molar-refractivity contribution in [2.75, 3.05) is 17.2 Å². The molecule has 0 saturated heterocycles. The van der Waals surface area contributed by atoms with Crippen LogP contribution in [0.5, 0.6) is 0 Å². The van der Waals surface area contributed by atoms with Gasteiger partial charge in [0.15, 0.2) is 0 Å². The van der Waals surface area contributed by atoms with Crippen LogP contribution in [-0.2, 0) is 0 Å². The van der Waals surface area contributed by atoms with Crippen LogP contribution >= 0.6 is 15.9 Å². The molecule has 0 spiro atoms. The monoisotopic (exact) mass is 426 g/mol. The number of nitrogens with zero attached hydrogens (tertiary/aromatic N) is 2. The molecule has 140 valence electrons. The second kappa shape index (κ2) is 8.97. The molecule has 2 aromatic carbocycles. The fourth-order valence-electron chi connectivity index (χ4n) is 2.64. The standard InChI is InChI=1S/C21H23BrN4O/c1-14(2)19(13-27)25-21-24-18(15-7-4-3-5-8-15)12-20(26-21)23-17-10-6-9-16(22)11-17/h3-12,14,19,27H,13H2,1-2H3,(H2,23,24,25,26)/t19-/m0/s1. The maximum atomic E-state index is 9.64. The molecule has 0 aliphatic carbocycles. The lowest BCUT2D eigenvalue weighted by Gasteiger charge is -2.20. The van der Waals surface area contributed by atoms with Crippen molar-refractivity contribution in [3.8, 4) is 11.3 Å². The topological polar surface area (TPSA) is 70.1 Å². The van der Waals surface area contributed by atoms with Crippen molar-refractivity contribution < 1.29 is 5.11 Å². The van der Waals surface area contributed by atoms with Crippen LogP contribution in [0.25, 0.3) is 11.3 Å². The highest BCUT2D eigenvalue weighted by atomic mass is 79.9. The molecule has 1 heterocycles. The van der Waals surface area contributed by atoms with E-state index in [0.717, 1.165) is 21.4 Å². The molecule has 3 aromatic rings. The summed E-state index contributed by atoms with van der Waals surface area (Å²) in [5.41, 5.74) is 2.74. The van der Waals surface area contributed by atoms with E-state index in [-0.39, 0.29) is 18.6 Å². The van der Waals surface area contributed by atoms with E-state index in [4.69, 9.17) is 0 Å². The first-order valence-corrected chi connectivity index (χ1v) is 9.69. The largest absolute Gasteiger partial charge is 0.394 e. The van der Waals surface area contributed by atoms with Gasteiger partial charge in [0.1, 0.15) is 5.82 Å². The number of hydrogen-bond acceptors (Lipinski definition) is 5. The highest BCUT2D eigenvalue weighted by molar-refractivity contribution is 9.10. The van der Waals surface area contributed by atoms with Crippen LogP contribution in [0.1, 0.15) is 13.8 Å². The molecule has 3 N–H and O–H groups in total. The number of rotatable bonds is 7. The smallest absolute Gasteiger partial charge is 0.225 e. The third kappa shape index (κ3) is 5.28. The van der Waals surface area contributed by atoms with Crippen LogP contribution in [0.15, 0.2) is 65.1 Å². The summed E-state index contributed by atoms with van der Waals surface area (Å²) in [6.45, 7) is 4.12. The van der Waals surface area contributed by atoms with Crippen molar-refractivity contribution in [3.05, 3.63) is 65.1 Å². The Morgan fingerprint density at radius 3 is 2.44 bits per heavy atom. The Morgan fingerprint density at radius 2 is 1.78 bits per heavy atom. The van der Waals surface area contributed by atoms with E-state index in [1.54, 1.807) is 0 Å². The van der Waals surface area contributed by atoms with Crippen molar-refractivity contribution >= 4 is 33.4 Å². The summed E-state index contributed by atoms with van der Waals surface area (Å²) in [5.74, 6) is 1.42. The van der Waals surface area contributed by atoms with Crippen LogP contribution < -0.4 is 10.6 Å². The van der Waals surface area contributed by atoms with Crippen LogP contribution in [-0.4, -0.2) is 27.7 Å². The van der Waals surface area contributed by atoms with Gasteiger partial charge < -0.3 is 15.7 Å². The van der Waals surface area contributed by atoms with E-state index in [1.807, 2.05) is 60.7 Å². The van der Waals surface area contributed by atoms with Gasteiger partial charge in [-0.3, -0.25) is 0 Å². The first kappa shape index (κ1) is 19.3. The van der Waals surface area contributed by atoms with Gasteiger partial charge in [-0.2, -0.15) is 4.98 Å². The van der Waals surface area contributed by atoms with Crippen molar-refractivity contribution in [1.82, 2.24) is 9.97 Å². The van der Waals surface area contributed by atoms with Gasteiger partial charge in [0.25, 0.3) is 0 Å². The molecule has 5 nitrogen and oxygen atoms in total. The van der Waals surface area contributed by atoms with Crippen LogP contribution in [0.3, 0.4) is 0 Å². The number of aliphatic hydroxyl groups excluding tert-OH is 1. The quantitative estimate of drug-likeness (QED) is 0.491. The summed E-state index contributed by atoms with van der Waals surface area (Å²) in [6, 6.07) is 19.7. The Bertz CT molecular complexity index is 886. The Labute approximate surface area is 168 Å². The SMILES string of the molecule is CC(C)[C@H](CO)Nc1nc(Nc2cccc(Br)c2)cc(-c2ccccc2)n1. The molecule has 6 heteroatoms. The fraction of sp³-hybridized carbons (Fsp3) is 0.238. The lowest BCUT2D eigenvalue weighted by molar-refractivity contribution is 0.248. The van der Waals surface area contributed by atoms with Crippen molar-refractivity contribution in [2.45, 2.75) is 19.9 Å². The fourth-order valence-corrected chi connectivity index (χ4v) is 3.03. The Hall–Kier alpha value is -2.44. The normalized spacial score (nSPS) is 12.0. The van der Waals surface area contributed by atoms with Crippen molar-refractivity contribution in [1.29, 1.82) is 0 Å². The van der Waals surface area contributed by atoms with E-state index in [0.29, 0.717) is 11.8 Å². The predicted octanol–water partition coefficient (Wildman–Crippen LogP) is 5.08. The molecule has 0 radical (unpaired) electrons. The number of aromatic nitrogens is 2. The van der Waals surface area contributed by atoms with E-state index in [1.165, 1.54) is 0 Å². The number of aliphatic hydroxyl groups is 1. The third-order valence-corrected chi connectivity index (χ3v) is 4.70. The second-order valence-corrected chi connectivity index (χ2v) is 7.56. The molecule has 27 heavy (non-hydrogen) atoms. The third-order valence-electron chi connectivity index (χ3n) is 4.21. The van der Waals surface area contributed by atoms with Gasteiger partial charge in [-0.15, -0.1) is 0 Å². The first-order chi connectivity index (χ1) is 13.0. The molecular formula is C21H23BrN4O. The minimum absolute atomic E-state index is 0.0188. The van der Waals surface area contributed by atoms with Gasteiger partial charge in [0.05, 0.1) is 18.3 Å². The lowest BCUT2D eigenvalue weighted by Crippen LogP contribution is -2.30. The number of anilines is 3. The average molecular weight is 427 g/mol. The van der Waals surface area contributed by atoms with Crippen molar-refractivity contribution in [3.63, 3.8) is 0 Å². The zero-order valence-electron chi connectivity index (χ0n) is 15.4. The van der Waals surface area contributed by atoms with Crippen molar-refractivity contribution in [2.24, 2.45) is 5.92 Å². The van der Waals surface area contributed by atoms with Gasteiger partial charge in [0, 0.05) is 21.8 Å². The van der Waals surface area contributed by atoms with Gasteiger partial charge in [0.2, 0.25) is 5.95 Å². The summed E-state index contributed by atoms with van der Waals surface area (Å²) >= 11 is 3.49. The maximum Gasteiger partial charge on any atom is 0.225 e. The molecule has 3 rings (SSSR count). The van der Waals surface area contributed by atoms with E-state index in [2.05, 4.69) is 50.4 Å². The number of halogens is 1. The number of hydrogen-bond donors (Lipinski definition) is 3. The summed E-state index contributed by atoms with van der Waals surface area (Å²) in [7, 11) is 0. The summed E-state index contributed by atoms with van der Waals surface area (Å²) in [5, 5.41) is 16.2. The molecule has 0 aliphatic heterocycles. The molecule has 0 saturated carbocycles. The summed E-state index contributed by atoms with van der Waals surface area (Å²) in [6.07, 6.45) is 0. The van der Waals surface area contributed by atoms with Gasteiger partial charge in [-0.05, 0) is 24.1 Å². The zero-order valence-corrected chi connectivity index (χ0v) is 16.9. The van der Waals surface area contributed by atoms with Crippen LogP contribution in [0, 0.1) is 5.92 Å². The minimum atomic E-state index is -0.116. The first-order valence-electron chi connectivity index (χ1n) is 8.89. The van der Waals surface area contributed by atoms with Gasteiger partial charge >= 0.3 is 0 Å². The predicted molar refractivity (Wildman–Crippen MR) is 114 cm³/mol. The molecule has 1 atom stereocenters. The molecule has 0 aliphatic rings. The number of nitrogens with one attached hydrogen (secondary N) is 2. The van der Waals surface area contributed by atoms with E-state index >= 15 is 0 Å². The Kier molecular flexibility index (Phi) is 6.42. The maximum absolute atomic E-state index is 9.64. The highest BCUT2D eigenvalue weighted by Gasteiger charge is 2.15. The minimum Gasteiger partial charge on any atom is -0.394 e. The van der Waals surface area contributed by atoms with E-state index < -0.39 is 0 Å².